The maximum Gasteiger partial charge on any atom is 0.277 e. The molecule has 0 unspecified atom stereocenters. The number of aliphatic hydroxyl groups is 1. The molecule has 0 saturated carbocycles. The Bertz CT molecular complexity index is 1010. The molecule has 0 aliphatic heterocycles. The van der Waals surface area contributed by atoms with Gasteiger partial charge in [0.1, 0.15) is 16.1 Å². The van der Waals surface area contributed by atoms with E-state index in [0.29, 0.717) is 11.3 Å². The Morgan fingerprint density at radius 2 is 2.04 bits per heavy atom. The number of fused-ring (bicyclic) bond motifs is 1. The summed E-state index contributed by atoms with van der Waals surface area (Å²) in [6.45, 7) is 0. The van der Waals surface area contributed by atoms with E-state index in [-0.39, 0.29) is 37.8 Å². The molecule has 0 saturated heterocycles. The molecule has 1 heterocycles. The summed E-state index contributed by atoms with van der Waals surface area (Å²) in [5, 5.41) is 19.0. The summed E-state index contributed by atoms with van der Waals surface area (Å²) < 4.78 is 65.2. The van der Waals surface area contributed by atoms with Crippen molar-refractivity contribution in [2.75, 3.05) is 6.26 Å². The number of hydrogen-bond acceptors (Lipinski definition) is 5. The van der Waals surface area contributed by atoms with Crippen molar-refractivity contribution in [2.24, 2.45) is 0 Å². The van der Waals surface area contributed by atoms with Crippen LogP contribution < -0.4 is 0 Å². The fraction of sp³-hybridized carbons (Fsp3) is 0.312. The van der Waals surface area contributed by atoms with Crippen molar-refractivity contribution in [3.8, 4) is 16.5 Å². The number of rotatable bonds is 2. The Kier molecular flexibility index (Phi) is 4.18. The molecule has 1 N–H and O–H groups in total. The van der Waals surface area contributed by atoms with Gasteiger partial charge in [0.2, 0.25) is 0 Å². The minimum absolute atomic E-state index is 0.0275. The van der Waals surface area contributed by atoms with Crippen LogP contribution in [0.4, 0.5) is 13.2 Å². The number of nitriles is 1. The third-order valence-electron chi connectivity index (χ3n) is 4.02. The molecule has 0 spiro atoms. The number of nitrogens with zero attached hydrogens (tertiary/aromatic N) is 1. The molecule has 0 fully saturated rings. The Labute approximate surface area is 146 Å². The highest BCUT2D eigenvalue weighted by Crippen LogP contribution is 2.51. The van der Waals surface area contributed by atoms with Crippen molar-refractivity contribution in [3.63, 3.8) is 0 Å². The maximum atomic E-state index is 13.9. The number of alkyl halides is 2. The molecular formula is C16H12F3NO3S2. The zero-order chi connectivity index (χ0) is 18.6. The number of sulfone groups is 1. The van der Waals surface area contributed by atoms with Crippen molar-refractivity contribution in [1.29, 1.82) is 5.26 Å². The van der Waals surface area contributed by atoms with E-state index in [0.717, 1.165) is 18.4 Å². The van der Waals surface area contributed by atoms with E-state index in [1.165, 1.54) is 6.07 Å². The summed E-state index contributed by atoms with van der Waals surface area (Å²) in [5.74, 6) is -4.14. The minimum atomic E-state index is -3.87. The molecule has 0 bridgehead atoms. The summed E-state index contributed by atoms with van der Waals surface area (Å²) in [6, 6.07) is 5.28. The highest BCUT2D eigenvalue weighted by Gasteiger charge is 2.47. The molecule has 4 nitrogen and oxygen atoms in total. The molecule has 3 rings (SSSR count). The van der Waals surface area contributed by atoms with Gasteiger partial charge in [-0.1, -0.05) is 0 Å². The van der Waals surface area contributed by atoms with E-state index in [1.54, 1.807) is 6.07 Å². The first-order chi connectivity index (χ1) is 11.5. The molecule has 9 heteroatoms. The smallest absolute Gasteiger partial charge is 0.277 e. The molecule has 1 aromatic carbocycles. The number of benzene rings is 1. The van der Waals surface area contributed by atoms with E-state index in [1.807, 2.05) is 0 Å². The SMILES string of the molecule is CS(=O)(=O)c1sc(-c2cc(F)cc(C#N)c2)c2c1[C@H](O)C(F)(F)CC2. The second-order valence-electron chi connectivity index (χ2n) is 5.89. The highest BCUT2D eigenvalue weighted by atomic mass is 32.2. The van der Waals surface area contributed by atoms with E-state index in [9.17, 15) is 26.7 Å². The van der Waals surface area contributed by atoms with Gasteiger partial charge >= 0.3 is 0 Å². The van der Waals surface area contributed by atoms with Crippen LogP contribution in [0.2, 0.25) is 0 Å². The van der Waals surface area contributed by atoms with E-state index in [2.05, 4.69) is 0 Å². The molecule has 2 aromatic rings. The normalized spacial score (nSPS) is 19.3. The summed E-state index contributed by atoms with van der Waals surface area (Å²) in [4.78, 5) is 0.279. The summed E-state index contributed by atoms with van der Waals surface area (Å²) >= 11 is 0.710. The predicted molar refractivity (Wildman–Crippen MR) is 85.8 cm³/mol. The standard InChI is InChI=1S/C16H12F3NO3S2/c1-25(22,23)15-12-11(2-3-16(18,19)14(12)21)13(24-15)9-4-8(7-20)5-10(17)6-9/h4-6,14,21H,2-3H2,1H3/t14-/m0/s1. The number of hydrogen-bond donors (Lipinski definition) is 1. The molecule has 1 aliphatic carbocycles. The van der Waals surface area contributed by atoms with Crippen molar-refractivity contribution in [2.45, 2.75) is 29.1 Å². The van der Waals surface area contributed by atoms with E-state index in [4.69, 9.17) is 5.26 Å². The van der Waals surface area contributed by atoms with Crippen LogP contribution in [0.3, 0.4) is 0 Å². The van der Waals surface area contributed by atoms with Gasteiger partial charge in [0.25, 0.3) is 5.92 Å². The van der Waals surface area contributed by atoms with Gasteiger partial charge in [0.05, 0.1) is 11.6 Å². The molecular weight excluding hydrogens is 375 g/mol. The lowest BCUT2D eigenvalue weighted by Crippen LogP contribution is -2.32. The van der Waals surface area contributed by atoms with Gasteiger partial charge in [0, 0.05) is 23.1 Å². The third-order valence-corrected chi connectivity index (χ3v) is 7.16. The van der Waals surface area contributed by atoms with Crippen LogP contribution in [-0.2, 0) is 16.3 Å². The van der Waals surface area contributed by atoms with Gasteiger partial charge in [-0.15, -0.1) is 11.3 Å². The highest BCUT2D eigenvalue weighted by molar-refractivity contribution is 7.92. The fourth-order valence-corrected chi connectivity index (χ4v) is 5.50. The van der Waals surface area contributed by atoms with Crippen molar-refractivity contribution < 1.29 is 26.7 Å². The average molecular weight is 387 g/mol. The van der Waals surface area contributed by atoms with E-state index >= 15 is 0 Å². The third kappa shape index (κ3) is 3.05. The van der Waals surface area contributed by atoms with Gasteiger partial charge in [0.15, 0.2) is 9.84 Å². The monoisotopic (exact) mass is 387 g/mol. The van der Waals surface area contributed by atoms with Crippen molar-refractivity contribution in [3.05, 3.63) is 40.7 Å². The Hall–Kier alpha value is -1.89. The number of halogens is 3. The van der Waals surface area contributed by atoms with Crippen LogP contribution in [0.1, 0.15) is 29.2 Å². The number of thiophene rings is 1. The van der Waals surface area contributed by atoms with Gasteiger partial charge in [-0.05, 0) is 35.7 Å². The van der Waals surface area contributed by atoms with Crippen LogP contribution >= 0.6 is 11.3 Å². The van der Waals surface area contributed by atoms with Crippen LogP contribution in [0, 0.1) is 17.1 Å². The largest absolute Gasteiger partial charge is 0.382 e. The topological polar surface area (TPSA) is 78.2 Å². The molecule has 25 heavy (non-hydrogen) atoms. The average Bonchev–Trinajstić information content (AvgIpc) is 2.90. The lowest BCUT2D eigenvalue weighted by Gasteiger charge is -2.29. The molecule has 1 aromatic heterocycles. The first-order valence-electron chi connectivity index (χ1n) is 7.17. The molecule has 1 atom stereocenters. The van der Waals surface area contributed by atoms with Gasteiger partial charge < -0.3 is 5.11 Å². The number of aliphatic hydroxyl groups excluding tert-OH is 1. The lowest BCUT2D eigenvalue weighted by atomic mass is 9.87. The van der Waals surface area contributed by atoms with Crippen LogP contribution in [0.5, 0.6) is 0 Å². The quantitative estimate of drug-likeness (QED) is 0.856. The van der Waals surface area contributed by atoms with Gasteiger partial charge in [-0.3, -0.25) is 0 Å². The maximum absolute atomic E-state index is 13.9. The first-order valence-corrected chi connectivity index (χ1v) is 9.88. The Morgan fingerprint density at radius 3 is 2.64 bits per heavy atom. The van der Waals surface area contributed by atoms with Crippen LogP contribution in [0.25, 0.3) is 10.4 Å². The van der Waals surface area contributed by atoms with Crippen molar-refractivity contribution >= 4 is 21.2 Å². The molecule has 1 aliphatic rings. The fourth-order valence-electron chi connectivity index (χ4n) is 2.91. The van der Waals surface area contributed by atoms with Crippen LogP contribution in [0.15, 0.2) is 22.4 Å². The van der Waals surface area contributed by atoms with Gasteiger partial charge in [-0.25, -0.2) is 21.6 Å². The second kappa shape index (κ2) is 5.83. The summed E-state index contributed by atoms with van der Waals surface area (Å²) in [7, 11) is -3.87. The van der Waals surface area contributed by atoms with Gasteiger partial charge in [-0.2, -0.15) is 5.26 Å². The molecule has 0 radical (unpaired) electrons. The van der Waals surface area contributed by atoms with Crippen molar-refractivity contribution in [1.82, 2.24) is 0 Å². The van der Waals surface area contributed by atoms with Crippen LogP contribution in [-0.4, -0.2) is 25.7 Å². The Balaban J connectivity index is 2.32. The predicted octanol–water partition coefficient (Wildman–Crippen LogP) is 3.44. The summed E-state index contributed by atoms with van der Waals surface area (Å²) in [5.41, 5.74) is 0.199. The summed E-state index contributed by atoms with van der Waals surface area (Å²) in [6.07, 6.45) is -2.17. The molecule has 0 amide bonds. The van der Waals surface area contributed by atoms with E-state index < -0.39 is 34.1 Å². The zero-order valence-corrected chi connectivity index (χ0v) is 14.5. The lowest BCUT2D eigenvalue weighted by molar-refractivity contribution is -0.122. The molecule has 132 valence electrons. The second-order valence-corrected chi connectivity index (χ2v) is 9.12. The first kappa shape index (κ1) is 17.9. The minimum Gasteiger partial charge on any atom is -0.382 e. The Morgan fingerprint density at radius 1 is 1.36 bits per heavy atom. The zero-order valence-electron chi connectivity index (χ0n) is 12.9.